The summed E-state index contributed by atoms with van der Waals surface area (Å²) >= 11 is 0. The molecule has 7 atom stereocenters. The van der Waals surface area contributed by atoms with Gasteiger partial charge in [-0.15, -0.1) is 0 Å². The molecule has 5 rings (SSSR count). The number of fused-ring (bicyclic) bond motifs is 3. The third kappa shape index (κ3) is 3.65. The summed E-state index contributed by atoms with van der Waals surface area (Å²) in [4.78, 5) is 26.8. The fourth-order valence-electron chi connectivity index (χ4n) is 5.71. The van der Waals surface area contributed by atoms with E-state index in [2.05, 4.69) is 5.73 Å². The highest BCUT2D eigenvalue weighted by atomic mass is 16.7. The molecule has 2 aromatic carbocycles. The monoisotopic (exact) mass is 516 g/mol. The zero-order valence-corrected chi connectivity index (χ0v) is 20.3. The molecular formula is C26H30NO10+. The van der Waals surface area contributed by atoms with E-state index in [1.165, 1.54) is 18.2 Å². The Hall–Kier alpha value is -3.06. The number of ketones is 2. The highest BCUT2D eigenvalue weighted by molar-refractivity contribution is 6.31. The number of carbonyl (C=O) groups is 2. The Morgan fingerprint density at radius 1 is 1.05 bits per heavy atom. The summed E-state index contributed by atoms with van der Waals surface area (Å²) in [5.41, 5.74) is 0.0906. The van der Waals surface area contributed by atoms with Crippen LogP contribution in [-0.4, -0.2) is 72.3 Å². The van der Waals surface area contributed by atoms with Gasteiger partial charge in [-0.1, -0.05) is 19.1 Å². The number of aliphatic hydroxyl groups is 3. The van der Waals surface area contributed by atoms with Gasteiger partial charge in [0.1, 0.15) is 35.5 Å². The van der Waals surface area contributed by atoms with Gasteiger partial charge in [-0.3, -0.25) is 9.59 Å². The number of aliphatic hydroxyl groups excluding tert-OH is 2. The van der Waals surface area contributed by atoms with Crippen molar-refractivity contribution in [3.05, 3.63) is 51.6 Å². The van der Waals surface area contributed by atoms with Crippen LogP contribution in [0.4, 0.5) is 0 Å². The van der Waals surface area contributed by atoms with E-state index in [0.29, 0.717) is 0 Å². The molecule has 11 nitrogen and oxygen atoms in total. The fourth-order valence-corrected chi connectivity index (χ4v) is 5.71. The predicted molar refractivity (Wildman–Crippen MR) is 125 cm³/mol. The molecule has 1 fully saturated rings. The smallest absolute Gasteiger partial charge is 0.202 e. The van der Waals surface area contributed by atoms with Crippen LogP contribution in [0.1, 0.15) is 88.3 Å². The predicted octanol–water partition coefficient (Wildman–Crippen LogP) is 0.321. The molecule has 0 unspecified atom stereocenters. The molecule has 0 saturated carbocycles. The van der Waals surface area contributed by atoms with E-state index in [0.717, 1.165) is 0 Å². The van der Waals surface area contributed by atoms with Crippen LogP contribution < -0.4 is 5.73 Å². The molecule has 0 radical (unpaired) electrons. The Labute approximate surface area is 211 Å². The summed E-state index contributed by atoms with van der Waals surface area (Å²) in [5, 5.41) is 65.5. The van der Waals surface area contributed by atoms with Gasteiger partial charge >= 0.3 is 0 Å². The molecule has 2 aromatic rings. The highest BCUT2D eigenvalue weighted by Gasteiger charge is 2.51. The normalized spacial score (nSPS) is 33.0. The number of benzene rings is 2. The van der Waals surface area contributed by atoms with Gasteiger partial charge in [0.25, 0.3) is 0 Å². The summed E-state index contributed by atoms with van der Waals surface area (Å²) in [6.07, 6.45) is -5.27. The minimum atomic E-state index is -1.81. The van der Waals surface area contributed by atoms with Crippen molar-refractivity contribution in [1.82, 2.24) is 0 Å². The standard InChI is InChI=1S/C26H29NO10/c1-3-26(35)8-13(37-14-7-11(27)20(29)9(2)36-14)16-19(25(26)34)24(33)17-18(23(16)32)22(31)15-10(21(17)30)5-4-6-12(15)28/h4-6,9,11,13-14,20,25,28-29,32-35H,3,7-8,27H2,1-2H3/p+1/t9-,11-,13-,14-,20+,25+,26+/m0/s1. The zero-order valence-electron chi connectivity index (χ0n) is 20.3. The molecule has 1 saturated heterocycles. The lowest BCUT2D eigenvalue weighted by Crippen LogP contribution is -2.71. The molecule has 9 N–H and O–H groups in total. The van der Waals surface area contributed by atoms with Gasteiger partial charge in [0, 0.05) is 23.1 Å². The molecular weight excluding hydrogens is 486 g/mol. The van der Waals surface area contributed by atoms with Crippen molar-refractivity contribution in [2.45, 2.75) is 75.5 Å². The number of aromatic hydroxyl groups is 3. The minimum Gasteiger partial charge on any atom is -0.507 e. The van der Waals surface area contributed by atoms with E-state index in [4.69, 9.17) is 9.47 Å². The van der Waals surface area contributed by atoms with Gasteiger partial charge in [0.15, 0.2) is 12.1 Å². The Balaban J connectivity index is 1.69. The van der Waals surface area contributed by atoms with Gasteiger partial charge < -0.3 is 45.8 Å². The maximum atomic E-state index is 13.4. The number of ether oxygens (including phenoxy) is 2. The second kappa shape index (κ2) is 8.76. The lowest BCUT2D eigenvalue weighted by atomic mass is 9.70. The Bertz CT molecular complexity index is 1300. The Morgan fingerprint density at radius 3 is 2.35 bits per heavy atom. The Morgan fingerprint density at radius 2 is 1.70 bits per heavy atom. The molecule has 3 aliphatic rings. The SMILES string of the molecule is CC[C@@]1(O)C[C@H](O[C@H]2C[C@H]([NH3+])[C@H](O)[C@H](C)O2)c2c(O)c3c(c(O)c2[C@H]1O)C(=O)c1cccc(O)c1C3=O. The number of rotatable bonds is 3. The molecule has 198 valence electrons. The molecule has 0 amide bonds. The number of hydrogen-bond donors (Lipinski definition) is 7. The van der Waals surface area contributed by atoms with Gasteiger partial charge in [-0.25, -0.2) is 0 Å². The number of carbonyl (C=O) groups excluding carboxylic acids is 2. The molecule has 1 heterocycles. The lowest BCUT2D eigenvalue weighted by molar-refractivity contribution is -0.466. The maximum absolute atomic E-state index is 13.4. The summed E-state index contributed by atoms with van der Waals surface area (Å²) in [7, 11) is 0. The summed E-state index contributed by atoms with van der Waals surface area (Å²) in [5.74, 6) is -3.63. The van der Waals surface area contributed by atoms with Crippen LogP contribution in [0.15, 0.2) is 18.2 Å². The summed E-state index contributed by atoms with van der Waals surface area (Å²) < 4.78 is 11.9. The van der Waals surface area contributed by atoms with Crippen LogP contribution in [0.25, 0.3) is 0 Å². The van der Waals surface area contributed by atoms with E-state index in [1.54, 1.807) is 13.8 Å². The van der Waals surface area contributed by atoms with Crippen LogP contribution in [-0.2, 0) is 9.47 Å². The van der Waals surface area contributed by atoms with Crippen LogP contribution in [0.2, 0.25) is 0 Å². The third-order valence-electron chi connectivity index (χ3n) is 7.89. The van der Waals surface area contributed by atoms with E-state index in [9.17, 15) is 40.2 Å². The first-order chi connectivity index (χ1) is 17.4. The van der Waals surface area contributed by atoms with Gasteiger partial charge in [0.05, 0.1) is 40.9 Å². The zero-order chi connectivity index (χ0) is 27.0. The maximum Gasteiger partial charge on any atom is 0.202 e. The number of phenols is 3. The van der Waals surface area contributed by atoms with Crippen molar-refractivity contribution >= 4 is 11.6 Å². The topological polar surface area (TPSA) is 202 Å². The third-order valence-corrected chi connectivity index (χ3v) is 7.89. The first kappa shape index (κ1) is 25.6. The fraction of sp³-hybridized carbons (Fsp3) is 0.462. The van der Waals surface area contributed by atoms with Crippen LogP contribution in [0, 0.1) is 0 Å². The van der Waals surface area contributed by atoms with Crippen LogP contribution in [0.3, 0.4) is 0 Å². The van der Waals surface area contributed by atoms with Crippen molar-refractivity contribution in [2.24, 2.45) is 0 Å². The van der Waals surface area contributed by atoms with Crippen molar-refractivity contribution < 1.29 is 55.4 Å². The highest BCUT2D eigenvalue weighted by Crippen LogP contribution is 2.56. The van der Waals surface area contributed by atoms with E-state index in [1.807, 2.05) is 0 Å². The lowest BCUT2D eigenvalue weighted by Gasteiger charge is -2.44. The minimum absolute atomic E-state index is 0.0347. The van der Waals surface area contributed by atoms with Crippen molar-refractivity contribution in [1.29, 1.82) is 0 Å². The molecule has 0 bridgehead atoms. The van der Waals surface area contributed by atoms with E-state index in [-0.39, 0.29) is 41.5 Å². The molecule has 0 aromatic heterocycles. The van der Waals surface area contributed by atoms with Crippen molar-refractivity contribution in [3.63, 3.8) is 0 Å². The molecule has 11 heteroatoms. The Kier molecular flexibility index (Phi) is 6.06. The number of phenolic OH excluding ortho intramolecular Hbond substituents is 3. The van der Waals surface area contributed by atoms with E-state index < -0.39 is 82.3 Å². The van der Waals surface area contributed by atoms with Crippen LogP contribution in [0.5, 0.6) is 17.2 Å². The number of quaternary nitrogens is 1. The second-order valence-electron chi connectivity index (χ2n) is 10.1. The van der Waals surface area contributed by atoms with E-state index >= 15 is 0 Å². The second-order valence-corrected chi connectivity index (χ2v) is 10.1. The first-order valence-corrected chi connectivity index (χ1v) is 12.2. The van der Waals surface area contributed by atoms with Crippen molar-refractivity contribution in [3.8, 4) is 17.2 Å². The molecule has 0 spiro atoms. The molecule has 2 aliphatic carbocycles. The summed E-state index contributed by atoms with van der Waals surface area (Å²) in [6.45, 7) is 3.27. The average Bonchev–Trinajstić information content (AvgIpc) is 2.85. The summed E-state index contributed by atoms with van der Waals surface area (Å²) in [6, 6.07) is 3.47. The molecule has 1 aliphatic heterocycles. The van der Waals surface area contributed by atoms with Gasteiger partial charge in [-0.2, -0.15) is 0 Å². The van der Waals surface area contributed by atoms with Crippen LogP contribution >= 0.6 is 0 Å². The average molecular weight is 517 g/mol. The van der Waals surface area contributed by atoms with Gasteiger partial charge in [-0.05, 0) is 19.4 Å². The van der Waals surface area contributed by atoms with Gasteiger partial charge in [0.2, 0.25) is 5.78 Å². The van der Waals surface area contributed by atoms with Crippen molar-refractivity contribution in [2.75, 3.05) is 0 Å². The number of hydrogen-bond acceptors (Lipinski definition) is 10. The quantitative estimate of drug-likeness (QED) is 0.238. The largest absolute Gasteiger partial charge is 0.507 e. The first-order valence-electron chi connectivity index (χ1n) is 12.2. The molecule has 37 heavy (non-hydrogen) atoms.